The van der Waals surface area contributed by atoms with Crippen LogP contribution in [-0.4, -0.2) is 30.5 Å². The van der Waals surface area contributed by atoms with Crippen LogP contribution in [0.5, 0.6) is 0 Å². The molecule has 0 radical (unpaired) electrons. The minimum Gasteiger partial charge on any atom is -0.390 e. The Morgan fingerprint density at radius 2 is 1.73 bits per heavy atom. The minimum absolute atomic E-state index is 0.168. The molecule has 3 heteroatoms. The van der Waals surface area contributed by atoms with E-state index in [1.165, 1.54) is 0 Å². The lowest BCUT2D eigenvalue weighted by Gasteiger charge is -2.46. The van der Waals surface area contributed by atoms with Gasteiger partial charge in [0.1, 0.15) is 0 Å². The van der Waals surface area contributed by atoms with Crippen molar-refractivity contribution in [3.8, 4) is 0 Å². The van der Waals surface area contributed by atoms with Crippen LogP contribution in [0, 0.1) is 0 Å². The van der Waals surface area contributed by atoms with Crippen LogP contribution in [0.3, 0.4) is 0 Å². The molecular weight excluding hydrogens is 204 g/mol. The van der Waals surface area contributed by atoms with Gasteiger partial charge in [0.2, 0.25) is 0 Å². The van der Waals surface area contributed by atoms with Gasteiger partial charge in [-0.05, 0) is 11.5 Å². The van der Waals surface area contributed by atoms with Gasteiger partial charge in [0.25, 0.3) is 0 Å². The fraction of sp³-hybridized carbons (Fsp3) is 0.833. The van der Waals surface area contributed by atoms with Crippen molar-refractivity contribution in [2.75, 3.05) is 0 Å². The first-order valence-corrected chi connectivity index (χ1v) is 8.78. The molecule has 2 N–H and O–H groups in total. The molecule has 1 aliphatic rings. The van der Waals surface area contributed by atoms with Crippen LogP contribution in [0.15, 0.2) is 12.2 Å². The van der Waals surface area contributed by atoms with Crippen LogP contribution in [0.1, 0.15) is 27.2 Å². The average Bonchev–Trinajstić information content (AvgIpc) is 2.07. The lowest BCUT2D eigenvalue weighted by molar-refractivity contribution is 0.0176. The van der Waals surface area contributed by atoms with E-state index in [9.17, 15) is 10.2 Å². The van der Waals surface area contributed by atoms with E-state index >= 15 is 0 Å². The molecule has 0 amide bonds. The van der Waals surface area contributed by atoms with Gasteiger partial charge >= 0.3 is 0 Å². The standard InChI is InChI=1S/C12H24O2Si/c1-12(2,3)15(4,5)10-8-6-7-9(13)11(10)14/h6,8-11,13-14H,7H2,1-5H3/t9-,10-,11-/m1/s1. The lowest BCUT2D eigenvalue weighted by Crippen LogP contribution is -2.50. The molecule has 0 spiro atoms. The summed E-state index contributed by atoms with van der Waals surface area (Å²) in [6.45, 7) is 11.3. The fourth-order valence-corrected chi connectivity index (χ4v) is 4.72. The zero-order chi connectivity index (χ0) is 11.9. The summed E-state index contributed by atoms with van der Waals surface area (Å²) in [7, 11) is -1.61. The third-order valence-corrected chi connectivity index (χ3v) is 10.3. The summed E-state index contributed by atoms with van der Waals surface area (Å²) in [5.41, 5.74) is 0.168. The van der Waals surface area contributed by atoms with Crippen molar-refractivity contribution in [2.24, 2.45) is 0 Å². The smallest absolute Gasteiger partial charge is 0.0840 e. The van der Waals surface area contributed by atoms with Gasteiger partial charge in [0, 0.05) is 5.54 Å². The van der Waals surface area contributed by atoms with Crippen molar-refractivity contribution >= 4 is 8.07 Å². The van der Waals surface area contributed by atoms with Gasteiger partial charge in [0.05, 0.1) is 20.3 Å². The molecule has 15 heavy (non-hydrogen) atoms. The molecular formula is C12H24O2Si. The Bertz CT molecular complexity index is 253. The Balaban J connectivity index is 2.96. The van der Waals surface area contributed by atoms with Gasteiger partial charge < -0.3 is 10.2 Å². The van der Waals surface area contributed by atoms with E-state index in [1.807, 2.05) is 6.08 Å². The lowest BCUT2D eigenvalue weighted by atomic mass is 10.0. The quantitative estimate of drug-likeness (QED) is 0.535. The fourth-order valence-electron chi connectivity index (χ4n) is 2.02. The van der Waals surface area contributed by atoms with E-state index in [0.717, 1.165) is 0 Å². The zero-order valence-electron chi connectivity index (χ0n) is 10.5. The second-order valence-corrected chi connectivity index (χ2v) is 11.8. The van der Waals surface area contributed by atoms with Gasteiger partial charge in [-0.15, -0.1) is 0 Å². The van der Waals surface area contributed by atoms with Crippen LogP contribution in [-0.2, 0) is 0 Å². The molecule has 0 aromatic heterocycles. The molecule has 0 aromatic carbocycles. The second kappa shape index (κ2) is 4.04. The maximum atomic E-state index is 10.1. The molecule has 0 aromatic rings. The molecule has 0 bridgehead atoms. The van der Waals surface area contributed by atoms with Crippen molar-refractivity contribution in [1.82, 2.24) is 0 Å². The molecule has 0 unspecified atom stereocenters. The molecule has 0 heterocycles. The summed E-state index contributed by atoms with van der Waals surface area (Å²) in [6.07, 6.45) is 3.58. The van der Waals surface area contributed by atoms with Gasteiger partial charge in [-0.25, -0.2) is 0 Å². The van der Waals surface area contributed by atoms with E-state index in [0.29, 0.717) is 6.42 Å². The van der Waals surface area contributed by atoms with Crippen LogP contribution in [0.2, 0.25) is 23.7 Å². The first-order valence-electron chi connectivity index (χ1n) is 5.70. The Morgan fingerprint density at radius 3 is 2.20 bits per heavy atom. The predicted molar refractivity (Wildman–Crippen MR) is 66.7 cm³/mol. The SMILES string of the molecule is CC(C)(C)[Si](C)(C)[C@@H]1C=CC[C@@H](O)[C@H]1O. The number of aliphatic hydroxyl groups excluding tert-OH is 2. The molecule has 88 valence electrons. The summed E-state index contributed by atoms with van der Waals surface area (Å²) in [4.78, 5) is 0. The third-order valence-electron chi connectivity index (χ3n) is 4.25. The summed E-state index contributed by atoms with van der Waals surface area (Å²) in [6, 6.07) is 0. The van der Waals surface area contributed by atoms with Crippen LogP contribution in [0.25, 0.3) is 0 Å². The topological polar surface area (TPSA) is 40.5 Å². The third kappa shape index (κ3) is 2.35. The largest absolute Gasteiger partial charge is 0.390 e. The van der Waals surface area contributed by atoms with E-state index in [4.69, 9.17) is 0 Å². The Morgan fingerprint density at radius 1 is 1.20 bits per heavy atom. The van der Waals surface area contributed by atoms with E-state index in [2.05, 4.69) is 39.9 Å². The number of rotatable bonds is 1. The zero-order valence-corrected chi connectivity index (χ0v) is 11.5. The minimum atomic E-state index is -1.61. The van der Waals surface area contributed by atoms with Crippen molar-refractivity contribution in [3.63, 3.8) is 0 Å². The van der Waals surface area contributed by atoms with E-state index in [-0.39, 0.29) is 10.6 Å². The maximum absolute atomic E-state index is 10.1. The summed E-state index contributed by atoms with van der Waals surface area (Å²) >= 11 is 0. The highest BCUT2D eigenvalue weighted by Gasteiger charge is 2.46. The molecule has 3 atom stereocenters. The Hall–Kier alpha value is -0.123. The summed E-state index contributed by atoms with van der Waals surface area (Å²) in [5.74, 6) is 0. The molecule has 0 fully saturated rings. The highest BCUT2D eigenvalue weighted by atomic mass is 28.3. The highest BCUT2D eigenvalue weighted by molar-refractivity contribution is 6.82. The number of hydrogen-bond acceptors (Lipinski definition) is 2. The Labute approximate surface area is 94.0 Å². The maximum Gasteiger partial charge on any atom is 0.0840 e. The van der Waals surface area contributed by atoms with Crippen molar-refractivity contribution in [3.05, 3.63) is 12.2 Å². The van der Waals surface area contributed by atoms with Crippen LogP contribution < -0.4 is 0 Å². The normalized spacial score (nSPS) is 33.1. The molecule has 0 saturated heterocycles. The summed E-state index contributed by atoms with van der Waals surface area (Å²) in [5, 5.41) is 20.0. The Kier molecular flexibility index (Phi) is 3.48. The van der Waals surface area contributed by atoms with Crippen molar-refractivity contribution in [1.29, 1.82) is 0 Å². The number of hydrogen-bond donors (Lipinski definition) is 2. The van der Waals surface area contributed by atoms with Crippen molar-refractivity contribution in [2.45, 2.75) is 63.1 Å². The van der Waals surface area contributed by atoms with Gasteiger partial charge in [-0.2, -0.15) is 0 Å². The van der Waals surface area contributed by atoms with Crippen LogP contribution >= 0.6 is 0 Å². The molecule has 0 saturated carbocycles. The predicted octanol–water partition coefficient (Wildman–Crippen LogP) is 2.55. The van der Waals surface area contributed by atoms with E-state index in [1.54, 1.807) is 0 Å². The average molecular weight is 228 g/mol. The number of aliphatic hydroxyl groups is 2. The summed E-state index contributed by atoms with van der Waals surface area (Å²) < 4.78 is 0. The van der Waals surface area contributed by atoms with Crippen LogP contribution in [0.4, 0.5) is 0 Å². The molecule has 0 aliphatic heterocycles. The first-order chi connectivity index (χ1) is 6.68. The van der Waals surface area contributed by atoms with Crippen molar-refractivity contribution < 1.29 is 10.2 Å². The monoisotopic (exact) mass is 228 g/mol. The van der Waals surface area contributed by atoms with E-state index < -0.39 is 20.3 Å². The molecule has 1 rings (SSSR count). The van der Waals surface area contributed by atoms with Gasteiger partial charge in [0.15, 0.2) is 0 Å². The van der Waals surface area contributed by atoms with Gasteiger partial charge in [-0.1, -0.05) is 46.0 Å². The first kappa shape index (κ1) is 12.9. The highest BCUT2D eigenvalue weighted by Crippen LogP contribution is 2.47. The molecule has 1 aliphatic carbocycles. The molecule has 2 nitrogen and oxygen atoms in total. The van der Waals surface area contributed by atoms with Gasteiger partial charge in [-0.3, -0.25) is 0 Å². The second-order valence-electron chi connectivity index (χ2n) is 6.22.